The van der Waals surface area contributed by atoms with Gasteiger partial charge in [0.05, 0.1) is 6.61 Å². The van der Waals surface area contributed by atoms with Crippen LogP contribution in [0.2, 0.25) is 0 Å². The van der Waals surface area contributed by atoms with Gasteiger partial charge in [-0.15, -0.1) is 0 Å². The van der Waals surface area contributed by atoms with Crippen molar-refractivity contribution in [1.82, 2.24) is 10.2 Å². The normalized spacial score (nSPS) is 35.0. The van der Waals surface area contributed by atoms with Crippen molar-refractivity contribution < 1.29 is 4.74 Å². The molecule has 1 saturated carbocycles. The topological polar surface area (TPSA) is 24.5 Å². The molecule has 0 bridgehead atoms. The summed E-state index contributed by atoms with van der Waals surface area (Å²) in [5, 5.41) is 3.67. The van der Waals surface area contributed by atoms with Gasteiger partial charge in [0.25, 0.3) is 0 Å². The summed E-state index contributed by atoms with van der Waals surface area (Å²) in [4.78, 5) is 2.78. The molecule has 3 unspecified atom stereocenters. The lowest BCUT2D eigenvalue weighted by molar-refractivity contribution is 0.0454. The third-order valence-corrected chi connectivity index (χ3v) is 5.65. The van der Waals surface area contributed by atoms with E-state index in [9.17, 15) is 0 Å². The standard InChI is InChI=1S/C18H36N2O/c1-16-7-6-9-18(13-16,14-19-10-12-21-3)15-20-11-5-4-8-17(20)2/h16-17,19H,4-15H2,1-3H3. The first kappa shape index (κ1) is 17.2. The number of hydrogen-bond acceptors (Lipinski definition) is 3. The van der Waals surface area contributed by atoms with Crippen LogP contribution in [0.5, 0.6) is 0 Å². The Labute approximate surface area is 131 Å². The van der Waals surface area contributed by atoms with Gasteiger partial charge >= 0.3 is 0 Å². The van der Waals surface area contributed by atoms with Crippen molar-refractivity contribution in [3.05, 3.63) is 0 Å². The van der Waals surface area contributed by atoms with Gasteiger partial charge in [0.15, 0.2) is 0 Å². The third kappa shape index (κ3) is 5.22. The van der Waals surface area contributed by atoms with Gasteiger partial charge in [-0.25, -0.2) is 0 Å². The number of ether oxygens (including phenoxy) is 1. The monoisotopic (exact) mass is 296 g/mol. The number of hydrogen-bond donors (Lipinski definition) is 1. The van der Waals surface area contributed by atoms with E-state index >= 15 is 0 Å². The summed E-state index contributed by atoms with van der Waals surface area (Å²) >= 11 is 0. The largest absolute Gasteiger partial charge is 0.383 e. The van der Waals surface area contributed by atoms with Crippen molar-refractivity contribution in [2.75, 3.05) is 39.9 Å². The van der Waals surface area contributed by atoms with E-state index in [1.54, 1.807) is 7.11 Å². The molecule has 124 valence electrons. The lowest BCUT2D eigenvalue weighted by atomic mass is 9.69. The summed E-state index contributed by atoms with van der Waals surface area (Å²) < 4.78 is 5.18. The molecular formula is C18H36N2O. The minimum atomic E-state index is 0.497. The van der Waals surface area contributed by atoms with Crippen LogP contribution in [-0.4, -0.2) is 50.8 Å². The van der Waals surface area contributed by atoms with Gasteiger partial charge in [-0.05, 0) is 50.5 Å². The summed E-state index contributed by atoms with van der Waals surface area (Å²) in [6, 6.07) is 0.784. The highest BCUT2D eigenvalue weighted by molar-refractivity contribution is 4.91. The average Bonchev–Trinajstić information content (AvgIpc) is 2.46. The van der Waals surface area contributed by atoms with Gasteiger partial charge in [-0.2, -0.15) is 0 Å². The highest BCUT2D eigenvalue weighted by Gasteiger charge is 2.37. The predicted molar refractivity (Wildman–Crippen MR) is 89.7 cm³/mol. The Kier molecular flexibility index (Phi) is 6.97. The van der Waals surface area contributed by atoms with Gasteiger partial charge in [0.1, 0.15) is 0 Å². The molecule has 0 aromatic carbocycles. The smallest absolute Gasteiger partial charge is 0.0587 e. The highest BCUT2D eigenvalue weighted by Crippen LogP contribution is 2.40. The van der Waals surface area contributed by atoms with Crippen molar-refractivity contribution in [3.63, 3.8) is 0 Å². The fourth-order valence-electron chi connectivity index (χ4n) is 4.48. The van der Waals surface area contributed by atoms with Gasteiger partial charge in [-0.3, -0.25) is 0 Å². The second-order valence-electron chi connectivity index (χ2n) is 7.69. The second-order valence-corrected chi connectivity index (χ2v) is 7.69. The van der Waals surface area contributed by atoms with E-state index in [-0.39, 0.29) is 0 Å². The molecule has 3 heteroatoms. The Hall–Kier alpha value is -0.120. The van der Waals surface area contributed by atoms with E-state index in [0.717, 1.165) is 25.1 Å². The molecule has 3 atom stereocenters. The van der Waals surface area contributed by atoms with Gasteiger partial charge in [0.2, 0.25) is 0 Å². The predicted octanol–water partition coefficient (Wildman–Crippen LogP) is 3.29. The maximum Gasteiger partial charge on any atom is 0.0587 e. The third-order valence-electron chi connectivity index (χ3n) is 5.65. The molecule has 0 amide bonds. The molecule has 0 radical (unpaired) electrons. The zero-order valence-electron chi connectivity index (χ0n) is 14.5. The molecule has 1 heterocycles. The van der Waals surface area contributed by atoms with Crippen molar-refractivity contribution >= 4 is 0 Å². The molecule has 1 aliphatic carbocycles. The molecule has 1 saturated heterocycles. The lowest BCUT2D eigenvalue weighted by Gasteiger charge is -2.46. The van der Waals surface area contributed by atoms with Gasteiger partial charge < -0.3 is 15.0 Å². The number of rotatable bonds is 7. The first-order valence-corrected chi connectivity index (χ1v) is 9.09. The lowest BCUT2D eigenvalue weighted by Crippen LogP contribution is -2.50. The average molecular weight is 296 g/mol. The molecule has 21 heavy (non-hydrogen) atoms. The molecule has 0 aromatic heterocycles. The van der Waals surface area contributed by atoms with E-state index in [4.69, 9.17) is 4.74 Å². The van der Waals surface area contributed by atoms with E-state index in [1.165, 1.54) is 64.6 Å². The van der Waals surface area contributed by atoms with Crippen LogP contribution in [0.4, 0.5) is 0 Å². The molecule has 2 fully saturated rings. The minimum absolute atomic E-state index is 0.497. The molecule has 2 aliphatic rings. The fourth-order valence-corrected chi connectivity index (χ4v) is 4.48. The number of piperidine rings is 1. The molecule has 0 aromatic rings. The van der Waals surface area contributed by atoms with Crippen LogP contribution in [0.3, 0.4) is 0 Å². The Morgan fingerprint density at radius 3 is 2.76 bits per heavy atom. The highest BCUT2D eigenvalue weighted by atomic mass is 16.5. The summed E-state index contributed by atoms with van der Waals surface area (Å²) in [5.41, 5.74) is 0.497. The van der Waals surface area contributed by atoms with Crippen LogP contribution >= 0.6 is 0 Å². The Morgan fingerprint density at radius 2 is 2.05 bits per heavy atom. The zero-order chi connectivity index (χ0) is 15.1. The molecule has 2 rings (SSSR count). The minimum Gasteiger partial charge on any atom is -0.383 e. The van der Waals surface area contributed by atoms with Gasteiger partial charge in [-0.1, -0.05) is 26.2 Å². The first-order chi connectivity index (χ1) is 10.2. The molecule has 1 aliphatic heterocycles. The summed E-state index contributed by atoms with van der Waals surface area (Å²) in [7, 11) is 1.79. The molecule has 0 spiro atoms. The summed E-state index contributed by atoms with van der Waals surface area (Å²) in [6.07, 6.45) is 9.85. The van der Waals surface area contributed by atoms with Crippen molar-refractivity contribution in [2.45, 2.75) is 64.8 Å². The second kappa shape index (κ2) is 8.50. The SMILES string of the molecule is COCCNCC1(CN2CCCCC2C)CCCC(C)C1. The van der Waals surface area contributed by atoms with E-state index in [2.05, 4.69) is 24.1 Å². The maximum absolute atomic E-state index is 5.18. The molecule has 1 N–H and O–H groups in total. The van der Waals surface area contributed by atoms with Crippen LogP contribution in [0.15, 0.2) is 0 Å². The van der Waals surface area contributed by atoms with Gasteiger partial charge in [0, 0.05) is 32.8 Å². The van der Waals surface area contributed by atoms with Crippen molar-refractivity contribution in [2.24, 2.45) is 11.3 Å². The fraction of sp³-hybridized carbons (Fsp3) is 1.00. The van der Waals surface area contributed by atoms with Crippen LogP contribution in [0.25, 0.3) is 0 Å². The van der Waals surface area contributed by atoms with Crippen molar-refractivity contribution in [1.29, 1.82) is 0 Å². The quantitative estimate of drug-likeness (QED) is 0.730. The first-order valence-electron chi connectivity index (χ1n) is 9.09. The number of methoxy groups -OCH3 is 1. The van der Waals surface area contributed by atoms with Crippen LogP contribution in [-0.2, 0) is 4.74 Å². The molecular weight excluding hydrogens is 260 g/mol. The van der Waals surface area contributed by atoms with Crippen LogP contribution in [0.1, 0.15) is 58.8 Å². The molecule has 3 nitrogen and oxygen atoms in total. The zero-order valence-corrected chi connectivity index (χ0v) is 14.5. The van der Waals surface area contributed by atoms with E-state index in [1.807, 2.05) is 0 Å². The maximum atomic E-state index is 5.18. The Bertz CT molecular complexity index is 297. The van der Waals surface area contributed by atoms with E-state index in [0.29, 0.717) is 5.41 Å². The Balaban J connectivity index is 1.93. The number of likely N-dealkylation sites (tertiary alicyclic amines) is 1. The van der Waals surface area contributed by atoms with Crippen molar-refractivity contribution in [3.8, 4) is 0 Å². The van der Waals surface area contributed by atoms with Crippen LogP contribution < -0.4 is 5.32 Å². The summed E-state index contributed by atoms with van der Waals surface area (Å²) in [6.45, 7) is 10.5. The number of nitrogens with one attached hydrogen (secondary N) is 1. The Morgan fingerprint density at radius 1 is 1.19 bits per heavy atom. The summed E-state index contributed by atoms with van der Waals surface area (Å²) in [5.74, 6) is 0.892. The van der Waals surface area contributed by atoms with E-state index < -0.39 is 0 Å². The van der Waals surface area contributed by atoms with Crippen LogP contribution in [0, 0.1) is 11.3 Å². The number of nitrogens with zero attached hydrogens (tertiary/aromatic N) is 1.